The molecular formula is C18H18N2O3S2. The molecule has 0 radical (unpaired) electrons. The molecule has 0 atom stereocenters. The van der Waals surface area contributed by atoms with Crippen molar-refractivity contribution in [2.75, 3.05) is 5.75 Å². The SMILES string of the molecule is CCS(=O)(=O)c1ccc(C(=O)N=c2sc3cccc(C)c3n2C)cc1. The van der Waals surface area contributed by atoms with Gasteiger partial charge >= 0.3 is 0 Å². The van der Waals surface area contributed by atoms with Crippen molar-refractivity contribution in [1.82, 2.24) is 4.57 Å². The number of benzene rings is 2. The maximum atomic E-state index is 12.4. The fraction of sp³-hybridized carbons (Fsp3) is 0.222. The largest absolute Gasteiger partial charge is 0.319 e. The molecule has 0 bridgehead atoms. The van der Waals surface area contributed by atoms with Gasteiger partial charge in [-0.1, -0.05) is 30.4 Å². The van der Waals surface area contributed by atoms with E-state index in [1.54, 1.807) is 6.92 Å². The van der Waals surface area contributed by atoms with E-state index in [0.29, 0.717) is 10.4 Å². The maximum absolute atomic E-state index is 12.4. The van der Waals surface area contributed by atoms with Gasteiger partial charge < -0.3 is 4.57 Å². The van der Waals surface area contributed by atoms with Gasteiger partial charge in [-0.25, -0.2) is 8.42 Å². The van der Waals surface area contributed by atoms with E-state index < -0.39 is 9.84 Å². The van der Waals surface area contributed by atoms with Crippen LogP contribution in [0.5, 0.6) is 0 Å². The fourth-order valence-electron chi connectivity index (χ4n) is 2.63. The molecular weight excluding hydrogens is 356 g/mol. The quantitative estimate of drug-likeness (QED) is 0.707. The van der Waals surface area contributed by atoms with E-state index in [2.05, 4.69) is 4.99 Å². The molecule has 5 nitrogen and oxygen atoms in total. The van der Waals surface area contributed by atoms with Gasteiger partial charge in [0.15, 0.2) is 14.6 Å². The van der Waals surface area contributed by atoms with E-state index in [1.807, 2.05) is 36.7 Å². The third-order valence-corrected chi connectivity index (χ3v) is 6.91. The molecule has 3 aromatic rings. The molecule has 1 aromatic heterocycles. The number of aryl methyl sites for hydroxylation is 2. The van der Waals surface area contributed by atoms with Gasteiger partial charge in [-0.2, -0.15) is 4.99 Å². The van der Waals surface area contributed by atoms with Gasteiger partial charge in [-0.05, 0) is 42.8 Å². The third kappa shape index (κ3) is 3.29. The van der Waals surface area contributed by atoms with Crippen LogP contribution >= 0.6 is 11.3 Å². The Morgan fingerprint density at radius 3 is 2.44 bits per heavy atom. The average molecular weight is 374 g/mol. The molecule has 25 heavy (non-hydrogen) atoms. The van der Waals surface area contributed by atoms with Crippen LogP contribution in [0.2, 0.25) is 0 Å². The van der Waals surface area contributed by atoms with E-state index >= 15 is 0 Å². The second-order valence-electron chi connectivity index (χ2n) is 5.71. The summed E-state index contributed by atoms with van der Waals surface area (Å²) in [5, 5.41) is 0. The molecule has 0 aliphatic carbocycles. The zero-order valence-electron chi connectivity index (χ0n) is 14.2. The summed E-state index contributed by atoms with van der Waals surface area (Å²) in [6.07, 6.45) is 0. The van der Waals surface area contributed by atoms with Gasteiger partial charge in [0.05, 0.1) is 20.9 Å². The molecule has 0 N–H and O–H groups in total. The van der Waals surface area contributed by atoms with Crippen LogP contribution in [0.4, 0.5) is 0 Å². The number of carbonyl (C=O) groups is 1. The van der Waals surface area contributed by atoms with E-state index in [1.165, 1.54) is 35.6 Å². The smallest absolute Gasteiger partial charge is 0.279 e. The first-order valence-corrected chi connectivity index (χ1v) is 10.3. The van der Waals surface area contributed by atoms with Gasteiger partial charge in [-0.3, -0.25) is 4.79 Å². The highest BCUT2D eigenvalue weighted by Gasteiger charge is 2.13. The number of nitrogens with zero attached hydrogens (tertiary/aromatic N) is 2. The summed E-state index contributed by atoms with van der Waals surface area (Å²) in [6, 6.07) is 11.9. The summed E-state index contributed by atoms with van der Waals surface area (Å²) in [6.45, 7) is 3.61. The van der Waals surface area contributed by atoms with Crippen LogP contribution in [0.25, 0.3) is 10.2 Å². The second-order valence-corrected chi connectivity index (χ2v) is 9.00. The predicted octanol–water partition coefficient (Wildman–Crippen LogP) is 3.08. The lowest BCUT2D eigenvalue weighted by Gasteiger charge is -2.02. The van der Waals surface area contributed by atoms with Crippen LogP contribution in [0.15, 0.2) is 52.4 Å². The van der Waals surface area contributed by atoms with Crippen LogP contribution in [-0.4, -0.2) is 24.6 Å². The minimum Gasteiger partial charge on any atom is -0.319 e. The summed E-state index contributed by atoms with van der Waals surface area (Å²) in [4.78, 5) is 17.5. The first-order chi connectivity index (χ1) is 11.8. The Bertz CT molecular complexity index is 1120. The molecule has 0 fully saturated rings. The normalized spacial score (nSPS) is 12.7. The van der Waals surface area contributed by atoms with Crippen molar-refractivity contribution in [2.45, 2.75) is 18.7 Å². The number of sulfone groups is 1. The Balaban J connectivity index is 2.01. The van der Waals surface area contributed by atoms with Crippen LogP contribution in [0.3, 0.4) is 0 Å². The molecule has 0 spiro atoms. The number of hydrogen-bond acceptors (Lipinski definition) is 4. The van der Waals surface area contributed by atoms with Crippen molar-refractivity contribution in [3.05, 3.63) is 58.4 Å². The van der Waals surface area contributed by atoms with Crippen molar-refractivity contribution in [1.29, 1.82) is 0 Å². The van der Waals surface area contributed by atoms with Crippen molar-refractivity contribution in [3.63, 3.8) is 0 Å². The maximum Gasteiger partial charge on any atom is 0.279 e. The van der Waals surface area contributed by atoms with Crippen LogP contribution in [0, 0.1) is 6.92 Å². The molecule has 1 heterocycles. The summed E-state index contributed by atoms with van der Waals surface area (Å²) in [5.41, 5.74) is 2.55. The second kappa shape index (κ2) is 6.57. The number of thiazole rings is 1. The minimum absolute atomic E-state index is 0.0294. The lowest BCUT2D eigenvalue weighted by molar-refractivity contribution is 0.0998. The predicted molar refractivity (Wildman–Crippen MR) is 99.6 cm³/mol. The summed E-state index contributed by atoms with van der Waals surface area (Å²) in [7, 11) is -1.39. The summed E-state index contributed by atoms with van der Waals surface area (Å²) < 4.78 is 26.7. The number of amides is 1. The van der Waals surface area contributed by atoms with Gasteiger partial charge in [0.25, 0.3) is 5.91 Å². The number of aromatic nitrogens is 1. The topological polar surface area (TPSA) is 68.5 Å². The standard InChI is InChI=1S/C18H18N2O3S2/c1-4-25(22,23)14-10-8-13(9-11-14)17(21)19-18-20(3)16-12(2)6-5-7-15(16)24-18/h5-11H,4H2,1-3H3. The highest BCUT2D eigenvalue weighted by atomic mass is 32.2. The first-order valence-electron chi connectivity index (χ1n) is 7.80. The molecule has 7 heteroatoms. The molecule has 130 valence electrons. The van der Waals surface area contributed by atoms with Crippen LogP contribution in [0.1, 0.15) is 22.8 Å². The van der Waals surface area contributed by atoms with E-state index in [-0.39, 0.29) is 16.6 Å². The zero-order chi connectivity index (χ0) is 18.2. The van der Waals surface area contributed by atoms with Gasteiger partial charge in [0.1, 0.15) is 0 Å². The number of fused-ring (bicyclic) bond motifs is 1. The number of para-hydroxylation sites is 1. The molecule has 0 saturated carbocycles. The monoisotopic (exact) mass is 374 g/mol. The Labute approximate surface area is 150 Å². The molecule has 1 amide bonds. The fourth-order valence-corrected chi connectivity index (χ4v) is 4.61. The molecule has 3 rings (SSSR count). The van der Waals surface area contributed by atoms with E-state index in [9.17, 15) is 13.2 Å². The molecule has 0 aliphatic rings. The van der Waals surface area contributed by atoms with Crippen LogP contribution < -0.4 is 4.80 Å². The van der Waals surface area contributed by atoms with Crippen molar-refractivity contribution < 1.29 is 13.2 Å². The summed E-state index contributed by atoms with van der Waals surface area (Å²) in [5.74, 6) is -0.359. The Morgan fingerprint density at radius 2 is 1.84 bits per heavy atom. The van der Waals surface area contributed by atoms with Gasteiger partial charge in [-0.15, -0.1) is 0 Å². The van der Waals surface area contributed by atoms with Gasteiger partial charge in [0, 0.05) is 12.6 Å². The van der Waals surface area contributed by atoms with Crippen LogP contribution in [-0.2, 0) is 16.9 Å². The Hall–Kier alpha value is -2.25. The van der Waals surface area contributed by atoms with E-state index in [4.69, 9.17) is 0 Å². The van der Waals surface area contributed by atoms with Crippen molar-refractivity contribution >= 4 is 37.3 Å². The van der Waals surface area contributed by atoms with Gasteiger partial charge in [0.2, 0.25) is 0 Å². The summed E-state index contributed by atoms with van der Waals surface area (Å²) >= 11 is 1.45. The zero-order valence-corrected chi connectivity index (χ0v) is 15.8. The van der Waals surface area contributed by atoms with Crippen molar-refractivity contribution in [3.8, 4) is 0 Å². The minimum atomic E-state index is -3.27. The number of hydrogen-bond donors (Lipinski definition) is 0. The Morgan fingerprint density at radius 1 is 1.16 bits per heavy atom. The molecule has 0 unspecified atom stereocenters. The highest BCUT2D eigenvalue weighted by Crippen LogP contribution is 2.20. The Kier molecular flexibility index (Phi) is 4.62. The lowest BCUT2D eigenvalue weighted by Crippen LogP contribution is -2.13. The molecule has 0 saturated heterocycles. The molecule has 0 aliphatic heterocycles. The lowest BCUT2D eigenvalue weighted by atomic mass is 10.2. The highest BCUT2D eigenvalue weighted by molar-refractivity contribution is 7.91. The average Bonchev–Trinajstić information content (AvgIpc) is 2.92. The number of rotatable bonds is 3. The third-order valence-electron chi connectivity index (χ3n) is 4.06. The van der Waals surface area contributed by atoms with E-state index in [0.717, 1.165) is 15.8 Å². The number of carbonyl (C=O) groups excluding carboxylic acids is 1. The molecule has 2 aromatic carbocycles. The first kappa shape index (κ1) is 17.6. The van der Waals surface area contributed by atoms with Crippen molar-refractivity contribution in [2.24, 2.45) is 12.0 Å².